The number of hydrogen-bond acceptors (Lipinski definition) is 4. The highest BCUT2D eigenvalue weighted by Gasteiger charge is 2.03. The Labute approximate surface area is 97.8 Å². The SMILES string of the molecule is COc1ccc(Oc2ccc(N)c(F)c2)nc1. The summed E-state index contributed by atoms with van der Waals surface area (Å²) in [6.45, 7) is 0. The summed E-state index contributed by atoms with van der Waals surface area (Å²) >= 11 is 0. The second-order valence-corrected chi connectivity index (χ2v) is 3.32. The van der Waals surface area contributed by atoms with E-state index in [2.05, 4.69) is 4.98 Å². The van der Waals surface area contributed by atoms with Gasteiger partial charge in [-0.05, 0) is 18.2 Å². The molecule has 88 valence electrons. The number of ether oxygens (including phenoxy) is 2. The highest BCUT2D eigenvalue weighted by molar-refractivity contribution is 5.44. The number of methoxy groups -OCH3 is 1. The fraction of sp³-hybridized carbons (Fsp3) is 0.0833. The quantitative estimate of drug-likeness (QED) is 0.829. The number of nitrogen functional groups attached to an aromatic ring is 1. The number of aromatic nitrogens is 1. The number of halogens is 1. The van der Waals surface area contributed by atoms with Crippen LogP contribution in [-0.4, -0.2) is 12.1 Å². The smallest absolute Gasteiger partial charge is 0.219 e. The van der Waals surface area contributed by atoms with E-state index in [1.807, 2.05) is 0 Å². The molecule has 0 fully saturated rings. The van der Waals surface area contributed by atoms with Gasteiger partial charge in [-0.3, -0.25) is 0 Å². The molecule has 0 aliphatic rings. The zero-order valence-corrected chi connectivity index (χ0v) is 9.18. The molecular weight excluding hydrogens is 223 g/mol. The third-order valence-electron chi connectivity index (χ3n) is 2.14. The number of nitrogens with zero attached hydrogens (tertiary/aromatic N) is 1. The maximum atomic E-state index is 13.2. The molecule has 0 radical (unpaired) electrons. The van der Waals surface area contributed by atoms with E-state index in [1.165, 1.54) is 18.3 Å². The maximum Gasteiger partial charge on any atom is 0.219 e. The van der Waals surface area contributed by atoms with E-state index >= 15 is 0 Å². The molecule has 0 aliphatic heterocycles. The van der Waals surface area contributed by atoms with E-state index in [0.29, 0.717) is 17.4 Å². The van der Waals surface area contributed by atoms with Crippen molar-refractivity contribution in [2.24, 2.45) is 0 Å². The van der Waals surface area contributed by atoms with Crippen LogP contribution >= 0.6 is 0 Å². The van der Waals surface area contributed by atoms with Gasteiger partial charge in [0.1, 0.15) is 17.3 Å². The van der Waals surface area contributed by atoms with Crippen molar-refractivity contribution in [1.82, 2.24) is 4.98 Å². The Kier molecular flexibility index (Phi) is 3.09. The van der Waals surface area contributed by atoms with Crippen LogP contribution in [0.15, 0.2) is 36.5 Å². The Morgan fingerprint density at radius 2 is 1.94 bits per heavy atom. The van der Waals surface area contributed by atoms with Gasteiger partial charge in [0.25, 0.3) is 0 Å². The third-order valence-corrected chi connectivity index (χ3v) is 2.14. The summed E-state index contributed by atoms with van der Waals surface area (Å²) in [6, 6.07) is 7.56. The van der Waals surface area contributed by atoms with Crippen molar-refractivity contribution >= 4 is 5.69 Å². The van der Waals surface area contributed by atoms with Gasteiger partial charge in [0, 0.05) is 12.1 Å². The number of nitrogens with two attached hydrogens (primary N) is 1. The van der Waals surface area contributed by atoms with E-state index in [4.69, 9.17) is 15.2 Å². The fourth-order valence-electron chi connectivity index (χ4n) is 1.24. The third kappa shape index (κ3) is 2.63. The predicted octanol–water partition coefficient (Wildman–Crippen LogP) is 2.60. The number of hydrogen-bond donors (Lipinski definition) is 1. The fourth-order valence-corrected chi connectivity index (χ4v) is 1.24. The van der Waals surface area contributed by atoms with Crippen molar-refractivity contribution in [2.75, 3.05) is 12.8 Å². The van der Waals surface area contributed by atoms with Crippen molar-refractivity contribution in [1.29, 1.82) is 0 Å². The molecule has 0 aliphatic carbocycles. The van der Waals surface area contributed by atoms with Crippen molar-refractivity contribution in [2.45, 2.75) is 0 Å². The summed E-state index contributed by atoms with van der Waals surface area (Å²) in [5.41, 5.74) is 5.44. The number of pyridine rings is 1. The Morgan fingerprint density at radius 3 is 2.53 bits per heavy atom. The lowest BCUT2D eigenvalue weighted by Gasteiger charge is -2.06. The molecule has 0 amide bonds. The zero-order chi connectivity index (χ0) is 12.3. The van der Waals surface area contributed by atoms with E-state index < -0.39 is 5.82 Å². The molecule has 1 aromatic carbocycles. The molecule has 1 aromatic heterocycles. The first-order chi connectivity index (χ1) is 8.19. The van der Waals surface area contributed by atoms with Gasteiger partial charge in [-0.25, -0.2) is 9.37 Å². The summed E-state index contributed by atoms with van der Waals surface area (Å²) in [7, 11) is 1.55. The molecule has 0 atom stereocenters. The molecule has 0 saturated carbocycles. The summed E-state index contributed by atoms with van der Waals surface area (Å²) in [6.07, 6.45) is 1.52. The molecule has 2 rings (SSSR count). The van der Waals surface area contributed by atoms with E-state index in [-0.39, 0.29) is 5.69 Å². The minimum Gasteiger partial charge on any atom is -0.495 e. The minimum atomic E-state index is -0.518. The van der Waals surface area contributed by atoms with Crippen LogP contribution in [-0.2, 0) is 0 Å². The lowest BCUT2D eigenvalue weighted by atomic mass is 10.3. The van der Waals surface area contributed by atoms with Crippen LogP contribution in [0.1, 0.15) is 0 Å². The standard InChI is InChI=1S/C12H11FN2O2/c1-16-9-3-5-12(15-7-9)17-8-2-4-11(14)10(13)6-8/h2-7H,14H2,1H3. The lowest BCUT2D eigenvalue weighted by molar-refractivity contribution is 0.407. The molecule has 2 N–H and O–H groups in total. The second kappa shape index (κ2) is 4.69. The first-order valence-electron chi connectivity index (χ1n) is 4.92. The lowest BCUT2D eigenvalue weighted by Crippen LogP contribution is -1.93. The summed E-state index contributed by atoms with van der Waals surface area (Å²) in [5.74, 6) is 0.807. The van der Waals surface area contributed by atoms with Crippen LogP contribution in [0.3, 0.4) is 0 Å². The van der Waals surface area contributed by atoms with Crippen molar-refractivity contribution < 1.29 is 13.9 Å². The van der Waals surface area contributed by atoms with Crippen molar-refractivity contribution in [3.63, 3.8) is 0 Å². The van der Waals surface area contributed by atoms with Crippen molar-refractivity contribution in [3.05, 3.63) is 42.3 Å². The average Bonchev–Trinajstić information content (AvgIpc) is 2.35. The molecule has 4 nitrogen and oxygen atoms in total. The summed E-state index contributed by atoms with van der Waals surface area (Å²) in [4.78, 5) is 4.00. The van der Waals surface area contributed by atoms with Gasteiger partial charge in [-0.1, -0.05) is 0 Å². The van der Waals surface area contributed by atoms with Gasteiger partial charge in [0.15, 0.2) is 0 Å². The molecule has 0 saturated heterocycles. The highest BCUT2D eigenvalue weighted by Crippen LogP contribution is 2.23. The number of rotatable bonds is 3. The topological polar surface area (TPSA) is 57.4 Å². The van der Waals surface area contributed by atoms with E-state index in [9.17, 15) is 4.39 Å². The molecule has 0 spiro atoms. The van der Waals surface area contributed by atoms with Gasteiger partial charge in [-0.2, -0.15) is 0 Å². The Balaban J connectivity index is 2.16. The largest absolute Gasteiger partial charge is 0.495 e. The molecule has 17 heavy (non-hydrogen) atoms. The van der Waals surface area contributed by atoms with Crippen LogP contribution in [0, 0.1) is 5.82 Å². The van der Waals surface area contributed by atoms with E-state index in [1.54, 1.807) is 25.3 Å². The number of benzene rings is 1. The van der Waals surface area contributed by atoms with Crippen LogP contribution in [0.5, 0.6) is 17.4 Å². The van der Waals surface area contributed by atoms with Crippen molar-refractivity contribution in [3.8, 4) is 17.4 Å². The van der Waals surface area contributed by atoms with Crippen LogP contribution < -0.4 is 15.2 Å². The van der Waals surface area contributed by atoms with E-state index in [0.717, 1.165) is 0 Å². The summed E-state index contributed by atoms with van der Waals surface area (Å²) in [5, 5.41) is 0. The minimum absolute atomic E-state index is 0.0834. The van der Waals surface area contributed by atoms with Crippen LogP contribution in [0.25, 0.3) is 0 Å². The zero-order valence-electron chi connectivity index (χ0n) is 9.18. The normalized spacial score (nSPS) is 10.0. The van der Waals surface area contributed by atoms with Crippen LogP contribution in [0.2, 0.25) is 0 Å². The van der Waals surface area contributed by atoms with Gasteiger partial charge in [0.2, 0.25) is 5.88 Å². The van der Waals surface area contributed by atoms with Gasteiger partial charge in [-0.15, -0.1) is 0 Å². The Hall–Kier alpha value is -2.30. The first kappa shape index (κ1) is 11.2. The summed E-state index contributed by atoms with van der Waals surface area (Å²) < 4.78 is 23.5. The second-order valence-electron chi connectivity index (χ2n) is 3.32. The molecule has 5 heteroatoms. The molecule has 2 aromatic rings. The first-order valence-corrected chi connectivity index (χ1v) is 4.92. The molecule has 1 heterocycles. The highest BCUT2D eigenvalue weighted by atomic mass is 19.1. The Bertz CT molecular complexity index is 514. The Morgan fingerprint density at radius 1 is 1.18 bits per heavy atom. The van der Waals surface area contributed by atoms with Crippen LogP contribution in [0.4, 0.5) is 10.1 Å². The monoisotopic (exact) mass is 234 g/mol. The molecule has 0 bridgehead atoms. The average molecular weight is 234 g/mol. The molecular formula is C12H11FN2O2. The number of anilines is 1. The van der Waals surface area contributed by atoms with Gasteiger partial charge < -0.3 is 15.2 Å². The maximum absolute atomic E-state index is 13.2. The van der Waals surface area contributed by atoms with Gasteiger partial charge >= 0.3 is 0 Å². The van der Waals surface area contributed by atoms with Gasteiger partial charge in [0.05, 0.1) is 19.0 Å². The predicted molar refractivity (Wildman–Crippen MR) is 61.7 cm³/mol. The molecule has 0 unspecified atom stereocenters.